The number of hydrogen-bond acceptors (Lipinski definition) is 2. The fraction of sp³-hybridized carbons (Fsp3) is 0.167. The van der Waals surface area contributed by atoms with Crippen molar-refractivity contribution in [2.24, 2.45) is 5.73 Å². The summed E-state index contributed by atoms with van der Waals surface area (Å²) in [6.07, 6.45) is 4.67. The third-order valence-corrected chi connectivity index (χ3v) is 3.88. The Bertz CT molecular complexity index is 710. The second kappa shape index (κ2) is 7.27. The van der Waals surface area contributed by atoms with Gasteiger partial charge in [-0.1, -0.05) is 53.2 Å². The highest BCUT2D eigenvalue weighted by Crippen LogP contribution is 2.30. The molecule has 0 spiro atoms. The summed E-state index contributed by atoms with van der Waals surface area (Å²) in [7, 11) is 0. The molecular weight excluding hydrogens is 342 g/mol. The molecule has 0 aliphatic rings. The molecule has 0 saturated carbocycles. The molecule has 3 N–H and O–H groups in total. The topological polar surface area (TPSA) is 63.3 Å². The van der Waals surface area contributed by atoms with Crippen molar-refractivity contribution in [2.75, 3.05) is 0 Å². The number of halogens is 1. The number of amides is 1. The van der Waals surface area contributed by atoms with Crippen molar-refractivity contribution in [3.05, 3.63) is 69.7 Å². The highest BCUT2D eigenvalue weighted by atomic mass is 79.9. The molecule has 0 bridgehead atoms. The Morgan fingerprint density at radius 2 is 2.00 bits per heavy atom. The first-order valence-corrected chi connectivity index (χ1v) is 7.86. The molecule has 2 rings (SSSR count). The van der Waals surface area contributed by atoms with Gasteiger partial charge in [-0.25, -0.2) is 0 Å². The number of benzene rings is 2. The van der Waals surface area contributed by atoms with Crippen molar-refractivity contribution in [3.8, 4) is 5.75 Å². The first-order chi connectivity index (χ1) is 10.5. The quantitative estimate of drug-likeness (QED) is 0.840. The molecule has 0 aliphatic carbocycles. The molecule has 1 amide bonds. The van der Waals surface area contributed by atoms with Crippen LogP contribution in [-0.2, 0) is 4.79 Å². The van der Waals surface area contributed by atoms with Crippen molar-refractivity contribution >= 4 is 27.9 Å². The van der Waals surface area contributed by atoms with Gasteiger partial charge in [0.15, 0.2) is 0 Å². The molecule has 1 unspecified atom stereocenters. The SMILES string of the molecule is CCC=Cc1cc(C(C(N)=O)c2cccc(Br)c2)ccc1O. The van der Waals surface area contributed by atoms with E-state index in [1.807, 2.05) is 43.3 Å². The van der Waals surface area contributed by atoms with Crippen LogP contribution in [0.1, 0.15) is 36.0 Å². The summed E-state index contributed by atoms with van der Waals surface area (Å²) in [6.45, 7) is 2.02. The van der Waals surface area contributed by atoms with E-state index < -0.39 is 11.8 Å². The maximum absolute atomic E-state index is 11.9. The van der Waals surface area contributed by atoms with Gasteiger partial charge < -0.3 is 10.8 Å². The van der Waals surface area contributed by atoms with Crippen molar-refractivity contribution in [1.82, 2.24) is 0 Å². The standard InChI is InChI=1S/C18H18BrNO2/c1-2-3-5-12-10-14(8-9-16(12)21)17(18(20)22)13-6-4-7-15(19)11-13/h3-11,17,21H,2H2,1H3,(H2,20,22). The molecule has 0 aliphatic heterocycles. The lowest BCUT2D eigenvalue weighted by molar-refractivity contribution is -0.118. The number of phenols is 1. The summed E-state index contributed by atoms with van der Waals surface area (Å²) >= 11 is 3.41. The number of carbonyl (C=O) groups is 1. The fourth-order valence-corrected chi connectivity index (χ4v) is 2.75. The van der Waals surface area contributed by atoms with E-state index in [1.165, 1.54) is 0 Å². The first kappa shape index (κ1) is 16.3. The molecule has 4 heteroatoms. The average Bonchev–Trinajstić information content (AvgIpc) is 2.47. The van der Waals surface area contributed by atoms with E-state index in [0.717, 1.165) is 22.0 Å². The Labute approximate surface area is 138 Å². The predicted octanol–water partition coefficient (Wildman–Crippen LogP) is 4.20. The molecule has 0 heterocycles. The van der Waals surface area contributed by atoms with Gasteiger partial charge in [-0.15, -0.1) is 0 Å². The van der Waals surface area contributed by atoms with Crippen LogP contribution in [0.2, 0.25) is 0 Å². The molecule has 2 aromatic rings. The normalized spacial score (nSPS) is 12.5. The van der Waals surface area contributed by atoms with Crippen LogP contribution in [-0.4, -0.2) is 11.0 Å². The zero-order valence-electron chi connectivity index (χ0n) is 12.3. The number of hydrogen-bond donors (Lipinski definition) is 2. The molecule has 114 valence electrons. The highest BCUT2D eigenvalue weighted by Gasteiger charge is 2.21. The van der Waals surface area contributed by atoms with E-state index in [2.05, 4.69) is 15.9 Å². The first-order valence-electron chi connectivity index (χ1n) is 7.07. The lowest BCUT2D eigenvalue weighted by Crippen LogP contribution is -2.22. The van der Waals surface area contributed by atoms with E-state index in [-0.39, 0.29) is 5.75 Å². The maximum Gasteiger partial charge on any atom is 0.229 e. The Hall–Kier alpha value is -2.07. The minimum atomic E-state index is -0.549. The lowest BCUT2D eigenvalue weighted by Gasteiger charge is -2.16. The number of primary amides is 1. The van der Waals surface area contributed by atoms with E-state index >= 15 is 0 Å². The fourth-order valence-electron chi connectivity index (χ4n) is 2.34. The summed E-state index contributed by atoms with van der Waals surface area (Å²) in [5.74, 6) is -0.785. The van der Waals surface area contributed by atoms with Gasteiger partial charge in [0, 0.05) is 10.0 Å². The van der Waals surface area contributed by atoms with Crippen molar-refractivity contribution < 1.29 is 9.90 Å². The number of carbonyl (C=O) groups excluding carboxylic acids is 1. The Morgan fingerprint density at radius 3 is 2.64 bits per heavy atom. The largest absolute Gasteiger partial charge is 0.507 e. The van der Waals surface area contributed by atoms with E-state index in [0.29, 0.717) is 5.56 Å². The Balaban J connectivity index is 2.50. The Morgan fingerprint density at radius 1 is 1.27 bits per heavy atom. The molecule has 2 aromatic carbocycles. The number of rotatable bonds is 5. The molecule has 1 atom stereocenters. The van der Waals surface area contributed by atoms with Crippen LogP contribution in [0, 0.1) is 0 Å². The smallest absolute Gasteiger partial charge is 0.229 e. The highest BCUT2D eigenvalue weighted by molar-refractivity contribution is 9.10. The number of nitrogens with two attached hydrogens (primary N) is 1. The van der Waals surface area contributed by atoms with Gasteiger partial charge >= 0.3 is 0 Å². The summed E-state index contributed by atoms with van der Waals surface area (Å²) in [5, 5.41) is 9.92. The van der Waals surface area contributed by atoms with Gasteiger partial charge in [0.2, 0.25) is 5.91 Å². The average molecular weight is 360 g/mol. The zero-order valence-corrected chi connectivity index (χ0v) is 13.9. The van der Waals surface area contributed by atoms with Crippen LogP contribution in [0.5, 0.6) is 5.75 Å². The van der Waals surface area contributed by atoms with Gasteiger partial charge in [-0.3, -0.25) is 4.79 Å². The molecular formula is C18H18BrNO2. The third-order valence-electron chi connectivity index (χ3n) is 3.38. The van der Waals surface area contributed by atoms with E-state index in [1.54, 1.807) is 18.2 Å². The van der Waals surface area contributed by atoms with Crippen LogP contribution in [0.3, 0.4) is 0 Å². The zero-order chi connectivity index (χ0) is 16.1. The third kappa shape index (κ3) is 3.77. The number of allylic oxidation sites excluding steroid dienone is 1. The summed E-state index contributed by atoms with van der Waals surface area (Å²) in [6, 6.07) is 12.6. The summed E-state index contributed by atoms with van der Waals surface area (Å²) in [5.41, 5.74) is 7.87. The van der Waals surface area contributed by atoms with Crippen LogP contribution < -0.4 is 5.73 Å². The molecule has 0 saturated heterocycles. The Kier molecular flexibility index (Phi) is 5.39. The van der Waals surface area contributed by atoms with Crippen LogP contribution >= 0.6 is 15.9 Å². The summed E-state index contributed by atoms with van der Waals surface area (Å²) < 4.78 is 0.890. The lowest BCUT2D eigenvalue weighted by atomic mass is 9.89. The minimum absolute atomic E-state index is 0.186. The predicted molar refractivity (Wildman–Crippen MR) is 92.6 cm³/mol. The van der Waals surface area contributed by atoms with Crippen molar-refractivity contribution in [3.63, 3.8) is 0 Å². The number of phenolic OH excluding ortho intramolecular Hbond substituents is 1. The molecule has 0 aromatic heterocycles. The molecule has 0 radical (unpaired) electrons. The van der Waals surface area contributed by atoms with Gasteiger partial charge in [-0.05, 0) is 41.8 Å². The molecule has 3 nitrogen and oxygen atoms in total. The van der Waals surface area contributed by atoms with Gasteiger partial charge in [-0.2, -0.15) is 0 Å². The number of aromatic hydroxyl groups is 1. The van der Waals surface area contributed by atoms with Gasteiger partial charge in [0.05, 0.1) is 5.92 Å². The minimum Gasteiger partial charge on any atom is -0.507 e. The van der Waals surface area contributed by atoms with E-state index in [9.17, 15) is 9.90 Å². The van der Waals surface area contributed by atoms with E-state index in [4.69, 9.17) is 5.73 Å². The summed E-state index contributed by atoms with van der Waals surface area (Å²) in [4.78, 5) is 11.9. The van der Waals surface area contributed by atoms with Crippen LogP contribution in [0.4, 0.5) is 0 Å². The van der Waals surface area contributed by atoms with Crippen LogP contribution in [0.25, 0.3) is 6.08 Å². The second-order valence-electron chi connectivity index (χ2n) is 5.02. The second-order valence-corrected chi connectivity index (χ2v) is 5.93. The molecule has 22 heavy (non-hydrogen) atoms. The van der Waals surface area contributed by atoms with Crippen molar-refractivity contribution in [2.45, 2.75) is 19.3 Å². The van der Waals surface area contributed by atoms with Crippen LogP contribution in [0.15, 0.2) is 53.0 Å². The molecule has 0 fully saturated rings. The van der Waals surface area contributed by atoms with Gasteiger partial charge in [0.1, 0.15) is 5.75 Å². The van der Waals surface area contributed by atoms with Gasteiger partial charge in [0.25, 0.3) is 0 Å². The van der Waals surface area contributed by atoms with Crippen molar-refractivity contribution in [1.29, 1.82) is 0 Å². The maximum atomic E-state index is 11.9. The monoisotopic (exact) mass is 359 g/mol.